The first-order valence-corrected chi connectivity index (χ1v) is 7.88. The largest absolute Gasteiger partial charge is 0.472 e. The summed E-state index contributed by atoms with van der Waals surface area (Å²) in [6, 6.07) is 1.79. The van der Waals surface area contributed by atoms with Gasteiger partial charge < -0.3 is 19.8 Å². The molecule has 0 aromatic carbocycles. The summed E-state index contributed by atoms with van der Waals surface area (Å²) in [5.74, 6) is -2.64. The van der Waals surface area contributed by atoms with E-state index in [2.05, 4.69) is 6.07 Å². The number of furan rings is 1. The molecule has 0 bridgehead atoms. The van der Waals surface area contributed by atoms with E-state index in [9.17, 15) is 19.6 Å². The first-order chi connectivity index (χ1) is 12.4. The van der Waals surface area contributed by atoms with Gasteiger partial charge in [-0.05, 0) is 18.6 Å². The van der Waals surface area contributed by atoms with Crippen LogP contribution in [0.5, 0.6) is 0 Å². The molecule has 2 aliphatic rings. The zero-order valence-corrected chi connectivity index (χ0v) is 14.2. The molecule has 0 aliphatic carbocycles. The van der Waals surface area contributed by atoms with Crippen molar-refractivity contribution >= 4 is 17.7 Å². The highest BCUT2D eigenvalue weighted by molar-refractivity contribution is 5.97. The van der Waals surface area contributed by atoms with Crippen LogP contribution >= 0.6 is 0 Å². The maximum atomic E-state index is 12.7. The molecule has 3 heterocycles. The number of nitrogens with zero attached hydrogens (tertiary/aromatic N) is 2. The lowest BCUT2D eigenvalue weighted by molar-refractivity contribution is -0.150. The number of rotatable bonds is 4. The Kier molecular flexibility index (Phi) is 4.16. The minimum Gasteiger partial charge on any atom is -0.472 e. The molecular weight excluding hydrogens is 338 g/mol. The van der Waals surface area contributed by atoms with Gasteiger partial charge in [0, 0.05) is 17.7 Å². The molecule has 2 N–H and O–H groups in total. The Bertz CT molecular complexity index is 864. The molecule has 1 aromatic heterocycles. The number of methoxy groups -OCH3 is 1. The van der Waals surface area contributed by atoms with Crippen LogP contribution in [-0.4, -0.2) is 41.8 Å². The maximum Gasteiger partial charge on any atom is 0.329 e. The van der Waals surface area contributed by atoms with Crippen LogP contribution in [0.1, 0.15) is 18.4 Å². The summed E-state index contributed by atoms with van der Waals surface area (Å²) in [5.41, 5.74) is 4.72. The predicted molar refractivity (Wildman–Crippen MR) is 88.0 cm³/mol. The molecule has 26 heavy (non-hydrogen) atoms. The van der Waals surface area contributed by atoms with Gasteiger partial charge in [-0.1, -0.05) is 12.2 Å². The summed E-state index contributed by atoms with van der Waals surface area (Å²) in [7, 11) is 1.18. The van der Waals surface area contributed by atoms with Crippen LogP contribution in [0.15, 0.2) is 46.9 Å². The van der Waals surface area contributed by atoms with Crippen molar-refractivity contribution in [1.82, 2.24) is 4.90 Å². The molecule has 1 saturated heterocycles. The summed E-state index contributed by atoms with van der Waals surface area (Å²) in [6.45, 7) is 1.39. The van der Waals surface area contributed by atoms with E-state index in [1.54, 1.807) is 12.1 Å². The Morgan fingerprint density at radius 1 is 1.42 bits per heavy atom. The molecule has 8 nitrogen and oxygen atoms in total. The molecule has 1 fully saturated rings. The highest BCUT2D eigenvalue weighted by Gasteiger charge is 2.66. The van der Waals surface area contributed by atoms with Crippen LogP contribution in [0.3, 0.4) is 0 Å². The summed E-state index contributed by atoms with van der Waals surface area (Å²) in [4.78, 5) is 38.3. The first-order valence-electron chi connectivity index (χ1n) is 7.88. The molecule has 1 aromatic rings. The molecule has 4 atom stereocenters. The Morgan fingerprint density at radius 3 is 2.65 bits per heavy atom. The van der Waals surface area contributed by atoms with Crippen LogP contribution in [0, 0.1) is 16.7 Å². The number of hydrogen-bond donors (Lipinski definition) is 1. The van der Waals surface area contributed by atoms with Crippen LogP contribution in [0.2, 0.25) is 0 Å². The molecule has 0 saturated carbocycles. The predicted octanol–water partition coefficient (Wildman–Crippen LogP) is 0.627. The fourth-order valence-corrected chi connectivity index (χ4v) is 3.84. The lowest BCUT2D eigenvalue weighted by Gasteiger charge is -2.32. The van der Waals surface area contributed by atoms with E-state index in [0.717, 1.165) is 0 Å². The Balaban J connectivity index is 2.28. The molecule has 8 heteroatoms. The number of esters is 1. The quantitative estimate of drug-likeness (QED) is 0.785. The molecule has 0 spiro atoms. The van der Waals surface area contributed by atoms with Crippen LogP contribution in [0.25, 0.3) is 0 Å². The second kappa shape index (κ2) is 6.19. The zero-order chi connectivity index (χ0) is 19.1. The van der Waals surface area contributed by atoms with E-state index < -0.39 is 35.3 Å². The van der Waals surface area contributed by atoms with Gasteiger partial charge in [0.1, 0.15) is 6.04 Å². The van der Waals surface area contributed by atoms with E-state index in [0.29, 0.717) is 11.1 Å². The van der Waals surface area contributed by atoms with E-state index in [1.165, 1.54) is 43.7 Å². The van der Waals surface area contributed by atoms with Crippen molar-refractivity contribution in [3.8, 4) is 6.07 Å². The van der Waals surface area contributed by atoms with E-state index in [4.69, 9.17) is 14.9 Å². The number of primary amides is 1. The van der Waals surface area contributed by atoms with Crippen molar-refractivity contribution in [2.45, 2.75) is 24.9 Å². The van der Waals surface area contributed by atoms with Crippen LogP contribution in [-0.2, 0) is 19.1 Å². The Labute approximate surface area is 149 Å². The van der Waals surface area contributed by atoms with Gasteiger partial charge in [-0.15, -0.1) is 0 Å². The van der Waals surface area contributed by atoms with Crippen molar-refractivity contribution < 1.29 is 23.5 Å². The molecule has 0 radical (unpaired) electrons. The van der Waals surface area contributed by atoms with Crippen molar-refractivity contribution in [2.24, 2.45) is 11.1 Å². The number of Topliss-reactive ketones (excluding diaryl/α,β-unsaturated/α-hetero) is 1. The summed E-state index contributed by atoms with van der Waals surface area (Å²) in [5, 5.41) is 10.0. The third-order valence-corrected chi connectivity index (χ3v) is 4.97. The summed E-state index contributed by atoms with van der Waals surface area (Å²) < 4.78 is 10.0. The number of carbonyl (C=O) groups is 3. The van der Waals surface area contributed by atoms with Gasteiger partial charge in [0.2, 0.25) is 5.91 Å². The lowest BCUT2D eigenvalue weighted by atomic mass is 9.69. The van der Waals surface area contributed by atoms with E-state index in [1.807, 2.05) is 0 Å². The van der Waals surface area contributed by atoms with Crippen LogP contribution in [0.4, 0.5) is 0 Å². The number of ketones is 1. The van der Waals surface area contributed by atoms with Crippen molar-refractivity contribution in [2.75, 3.05) is 7.11 Å². The fourth-order valence-electron chi connectivity index (χ4n) is 3.84. The smallest absolute Gasteiger partial charge is 0.329 e. The fraction of sp³-hybridized carbons (Fsp3) is 0.333. The summed E-state index contributed by atoms with van der Waals surface area (Å²) >= 11 is 0. The normalized spacial score (nSPS) is 29.5. The minimum absolute atomic E-state index is 0.213. The number of nitrogens with two attached hydrogens (primary N) is 1. The van der Waals surface area contributed by atoms with Gasteiger partial charge >= 0.3 is 5.97 Å². The third kappa shape index (κ3) is 2.24. The van der Waals surface area contributed by atoms with E-state index in [-0.39, 0.29) is 5.78 Å². The topological polar surface area (TPSA) is 127 Å². The summed E-state index contributed by atoms with van der Waals surface area (Å²) in [6.07, 6.45) is 7.32. The highest BCUT2D eigenvalue weighted by atomic mass is 16.5. The molecule has 0 unspecified atom stereocenters. The van der Waals surface area contributed by atoms with Crippen molar-refractivity contribution in [1.29, 1.82) is 5.26 Å². The van der Waals surface area contributed by atoms with Crippen molar-refractivity contribution in [3.05, 3.63) is 48.1 Å². The van der Waals surface area contributed by atoms with Crippen LogP contribution < -0.4 is 5.73 Å². The standard InChI is InChI=1S/C18H17N3O5/c1-10(22)11-3-4-13-18(9-19,17(24)25-2)14(12-5-6-26-8-12)15(16(20)23)21(13)7-11/h3-8,13-15H,1-2H3,(H2,20,23)/t13-,14+,15-,18+/m0/s1. The average Bonchev–Trinajstić information content (AvgIpc) is 3.24. The van der Waals surface area contributed by atoms with Gasteiger partial charge in [0.25, 0.3) is 0 Å². The minimum atomic E-state index is -1.73. The SMILES string of the molecule is COC(=O)[C@@]1(C#N)[C@H](c2ccoc2)[C@@H](C(N)=O)N2C=C(C(C)=O)C=C[C@H]21. The molecule has 3 rings (SSSR count). The average molecular weight is 355 g/mol. The van der Waals surface area contributed by atoms with Gasteiger partial charge in [0.05, 0.1) is 31.7 Å². The van der Waals surface area contributed by atoms with Gasteiger partial charge in [-0.3, -0.25) is 14.4 Å². The lowest BCUT2D eigenvalue weighted by Crippen LogP contribution is -2.45. The molecular formula is C18H17N3O5. The zero-order valence-electron chi connectivity index (χ0n) is 14.2. The molecule has 2 aliphatic heterocycles. The highest BCUT2D eigenvalue weighted by Crippen LogP contribution is 2.53. The monoisotopic (exact) mass is 355 g/mol. The number of amides is 1. The van der Waals surface area contributed by atoms with E-state index >= 15 is 0 Å². The second-order valence-corrected chi connectivity index (χ2v) is 6.25. The second-order valence-electron chi connectivity index (χ2n) is 6.25. The third-order valence-electron chi connectivity index (χ3n) is 4.97. The molecule has 1 amide bonds. The number of hydrogen-bond acceptors (Lipinski definition) is 7. The number of ether oxygens (including phenoxy) is 1. The number of allylic oxidation sites excluding steroid dienone is 2. The van der Waals surface area contributed by atoms with Gasteiger partial charge in [-0.2, -0.15) is 5.26 Å². The van der Waals surface area contributed by atoms with Gasteiger partial charge in [-0.25, -0.2) is 0 Å². The Morgan fingerprint density at radius 2 is 2.15 bits per heavy atom. The maximum absolute atomic E-state index is 12.7. The first kappa shape index (κ1) is 17.5. The number of fused-ring (bicyclic) bond motifs is 1. The van der Waals surface area contributed by atoms with Crippen molar-refractivity contribution in [3.63, 3.8) is 0 Å². The number of carbonyl (C=O) groups excluding carboxylic acids is 3. The Hall–Kier alpha value is -3.34. The van der Waals surface area contributed by atoms with Gasteiger partial charge in [0.15, 0.2) is 11.2 Å². The molecule has 134 valence electrons. The number of nitriles is 1.